The molecule has 0 aromatic carbocycles. The number of carbonyl (C=O) groups is 2. The molecule has 0 unspecified atom stereocenters. The van der Waals surface area contributed by atoms with E-state index in [2.05, 4.69) is 10.6 Å². The third kappa shape index (κ3) is 4.78. The van der Waals surface area contributed by atoms with Gasteiger partial charge in [0.25, 0.3) is 0 Å². The van der Waals surface area contributed by atoms with Crippen LogP contribution in [0.5, 0.6) is 0 Å². The Morgan fingerprint density at radius 3 is 2.80 bits per heavy atom. The van der Waals surface area contributed by atoms with Crippen molar-refractivity contribution in [2.24, 2.45) is 5.73 Å². The predicted molar refractivity (Wildman–Crippen MR) is 57.1 cm³/mol. The number of rotatable bonds is 6. The van der Waals surface area contributed by atoms with Crippen LogP contribution < -0.4 is 16.4 Å². The lowest BCUT2D eigenvalue weighted by Crippen LogP contribution is -2.40. The van der Waals surface area contributed by atoms with E-state index in [9.17, 15) is 9.59 Å². The van der Waals surface area contributed by atoms with Crippen LogP contribution in [-0.4, -0.2) is 30.9 Å². The number of hydrogen-bond acceptors (Lipinski definition) is 3. The summed E-state index contributed by atoms with van der Waals surface area (Å²) in [6.45, 7) is 1.56. The summed E-state index contributed by atoms with van der Waals surface area (Å²) in [5, 5.41) is 5.97. The van der Waals surface area contributed by atoms with Crippen molar-refractivity contribution in [1.82, 2.24) is 10.6 Å². The minimum Gasteiger partial charge on any atom is -0.370 e. The summed E-state index contributed by atoms with van der Waals surface area (Å²) in [5.74, 6) is -0.203. The highest BCUT2D eigenvalue weighted by atomic mass is 16.2. The highest BCUT2D eigenvalue weighted by Crippen LogP contribution is 2.04. The van der Waals surface area contributed by atoms with Crippen molar-refractivity contribution < 1.29 is 9.59 Å². The molecular weight excluding hydrogens is 194 g/mol. The number of hydrogen-bond donors (Lipinski definition) is 3. The Balaban J connectivity index is 1.99. The minimum absolute atomic E-state index is 0.0128. The van der Waals surface area contributed by atoms with Gasteiger partial charge < -0.3 is 16.4 Å². The second-order valence-electron chi connectivity index (χ2n) is 3.86. The van der Waals surface area contributed by atoms with E-state index in [-0.39, 0.29) is 17.9 Å². The zero-order valence-electron chi connectivity index (χ0n) is 8.92. The largest absolute Gasteiger partial charge is 0.370 e. The summed E-state index contributed by atoms with van der Waals surface area (Å²) in [7, 11) is 0. The molecule has 1 heterocycles. The van der Waals surface area contributed by atoms with E-state index in [1.807, 2.05) is 0 Å². The van der Waals surface area contributed by atoms with Crippen molar-refractivity contribution in [3.63, 3.8) is 0 Å². The van der Waals surface area contributed by atoms with E-state index in [0.717, 1.165) is 32.2 Å². The quantitative estimate of drug-likeness (QED) is 0.520. The normalized spacial score (nSPS) is 20.1. The van der Waals surface area contributed by atoms with Gasteiger partial charge in [0.15, 0.2) is 0 Å². The first-order chi connectivity index (χ1) is 7.20. The van der Waals surface area contributed by atoms with E-state index in [4.69, 9.17) is 5.73 Å². The summed E-state index contributed by atoms with van der Waals surface area (Å²) in [4.78, 5) is 21.9. The van der Waals surface area contributed by atoms with Crippen molar-refractivity contribution in [1.29, 1.82) is 0 Å². The smallest absolute Gasteiger partial charge is 0.237 e. The van der Waals surface area contributed by atoms with Crippen LogP contribution in [0.15, 0.2) is 0 Å². The molecule has 86 valence electrons. The van der Waals surface area contributed by atoms with Crippen LogP contribution in [0, 0.1) is 0 Å². The molecule has 0 bridgehead atoms. The van der Waals surface area contributed by atoms with Crippen molar-refractivity contribution >= 4 is 11.8 Å². The first-order valence-corrected chi connectivity index (χ1v) is 5.49. The lowest BCUT2D eigenvalue weighted by Gasteiger charge is -2.10. The molecule has 2 amide bonds. The average molecular weight is 213 g/mol. The highest BCUT2D eigenvalue weighted by molar-refractivity contribution is 5.81. The first kappa shape index (κ1) is 12.0. The Labute approximate surface area is 89.8 Å². The van der Waals surface area contributed by atoms with Crippen LogP contribution in [0.1, 0.15) is 32.1 Å². The van der Waals surface area contributed by atoms with Gasteiger partial charge in [-0.2, -0.15) is 0 Å². The standard InChI is InChI=1S/C10H19N3O2/c11-9(14)5-1-2-6-13-10(15)8-4-3-7-12-8/h8,12H,1-7H2,(H2,11,14)(H,13,15)/t8-/m0/s1. The molecule has 0 aromatic rings. The second-order valence-corrected chi connectivity index (χ2v) is 3.86. The summed E-state index contributed by atoms with van der Waals surface area (Å²) >= 11 is 0. The fourth-order valence-corrected chi connectivity index (χ4v) is 1.67. The third-order valence-corrected chi connectivity index (χ3v) is 2.53. The molecule has 0 spiro atoms. The molecule has 1 fully saturated rings. The van der Waals surface area contributed by atoms with E-state index >= 15 is 0 Å². The van der Waals surface area contributed by atoms with Crippen LogP contribution >= 0.6 is 0 Å². The Kier molecular flexibility index (Phi) is 5.10. The van der Waals surface area contributed by atoms with Gasteiger partial charge >= 0.3 is 0 Å². The zero-order valence-corrected chi connectivity index (χ0v) is 8.92. The molecule has 0 saturated carbocycles. The Morgan fingerprint density at radius 2 is 2.20 bits per heavy atom. The minimum atomic E-state index is -0.279. The van der Waals surface area contributed by atoms with Gasteiger partial charge in [0.1, 0.15) is 0 Å². The molecule has 5 heteroatoms. The summed E-state index contributed by atoms with van der Waals surface area (Å²) in [6, 6.07) is -0.0128. The second kappa shape index (κ2) is 6.40. The van der Waals surface area contributed by atoms with Crippen molar-refractivity contribution in [2.75, 3.05) is 13.1 Å². The Hall–Kier alpha value is -1.10. The van der Waals surface area contributed by atoms with Gasteiger partial charge in [-0.1, -0.05) is 0 Å². The van der Waals surface area contributed by atoms with Crippen molar-refractivity contribution in [2.45, 2.75) is 38.1 Å². The van der Waals surface area contributed by atoms with E-state index in [1.54, 1.807) is 0 Å². The van der Waals surface area contributed by atoms with Gasteiger partial charge in [-0.3, -0.25) is 9.59 Å². The Bertz CT molecular complexity index is 225. The maximum Gasteiger partial charge on any atom is 0.237 e. The van der Waals surface area contributed by atoms with Crippen LogP contribution in [0.3, 0.4) is 0 Å². The fraction of sp³-hybridized carbons (Fsp3) is 0.800. The monoisotopic (exact) mass is 213 g/mol. The molecule has 4 N–H and O–H groups in total. The van der Waals surface area contributed by atoms with E-state index < -0.39 is 0 Å². The van der Waals surface area contributed by atoms with Gasteiger partial charge in [-0.15, -0.1) is 0 Å². The molecule has 0 aromatic heterocycles. The number of nitrogens with one attached hydrogen (secondary N) is 2. The number of nitrogens with two attached hydrogens (primary N) is 1. The lowest BCUT2D eigenvalue weighted by atomic mass is 10.2. The third-order valence-electron chi connectivity index (χ3n) is 2.53. The van der Waals surface area contributed by atoms with Crippen LogP contribution in [0.25, 0.3) is 0 Å². The maximum atomic E-state index is 11.5. The molecule has 1 aliphatic heterocycles. The molecule has 1 atom stereocenters. The topological polar surface area (TPSA) is 84.2 Å². The van der Waals surface area contributed by atoms with Crippen molar-refractivity contribution in [3.8, 4) is 0 Å². The molecule has 5 nitrogen and oxygen atoms in total. The molecule has 15 heavy (non-hydrogen) atoms. The summed E-state index contributed by atoms with van der Waals surface area (Å²) in [5.41, 5.74) is 5.00. The summed E-state index contributed by atoms with van der Waals surface area (Å²) in [6.07, 6.45) is 3.94. The molecule has 0 aliphatic carbocycles. The van der Waals surface area contributed by atoms with Gasteiger partial charge in [0, 0.05) is 13.0 Å². The highest BCUT2D eigenvalue weighted by Gasteiger charge is 2.20. The first-order valence-electron chi connectivity index (χ1n) is 5.49. The molecule has 1 saturated heterocycles. The molecular formula is C10H19N3O2. The van der Waals surface area contributed by atoms with Crippen LogP contribution in [0.4, 0.5) is 0 Å². The maximum absolute atomic E-state index is 11.5. The summed E-state index contributed by atoms with van der Waals surface area (Å²) < 4.78 is 0. The van der Waals surface area contributed by atoms with Crippen molar-refractivity contribution in [3.05, 3.63) is 0 Å². The zero-order chi connectivity index (χ0) is 11.1. The van der Waals surface area contributed by atoms with E-state index in [0.29, 0.717) is 13.0 Å². The predicted octanol–water partition coefficient (Wildman–Crippen LogP) is -0.490. The van der Waals surface area contributed by atoms with Gasteiger partial charge in [0.2, 0.25) is 11.8 Å². The van der Waals surface area contributed by atoms with E-state index in [1.165, 1.54) is 0 Å². The number of primary amides is 1. The number of unbranched alkanes of at least 4 members (excludes halogenated alkanes) is 1. The van der Waals surface area contributed by atoms with Gasteiger partial charge in [0.05, 0.1) is 6.04 Å². The molecule has 1 aliphatic rings. The molecule has 1 rings (SSSR count). The number of carbonyl (C=O) groups excluding carboxylic acids is 2. The van der Waals surface area contributed by atoms with Crippen LogP contribution in [-0.2, 0) is 9.59 Å². The van der Waals surface area contributed by atoms with Crippen LogP contribution in [0.2, 0.25) is 0 Å². The molecule has 0 radical (unpaired) electrons. The lowest BCUT2D eigenvalue weighted by molar-refractivity contribution is -0.122. The van der Waals surface area contributed by atoms with Gasteiger partial charge in [-0.05, 0) is 32.2 Å². The SMILES string of the molecule is NC(=O)CCCCNC(=O)[C@@H]1CCCN1. The fourth-order valence-electron chi connectivity index (χ4n) is 1.67. The average Bonchev–Trinajstić information content (AvgIpc) is 2.69. The number of amides is 2. The van der Waals surface area contributed by atoms with Gasteiger partial charge in [-0.25, -0.2) is 0 Å². The Morgan fingerprint density at radius 1 is 1.40 bits per heavy atom.